The number of carbonyl (C=O) groups is 2. The molecule has 0 bridgehead atoms. The van der Waals surface area contributed by atoms with Gasteiger partial charge in [-0.2, -0.15) is 0 Å². The molecule has 4 aromatic rings. The van der Waals surface area contributed by atoms with Gasteiger partial charge in [0.05, 0.1) is 0 Å². The number of H-pyrrole nitrogens is 1. The molecule has 2 amide bonds. The maximum Gasteiger partial charge on any atom is 0.411 e. The molecule has 0 spiro atoms. The quantitative estimate of drug-likeness (QED) is 0.133. The Morgan fingerprint density at radius 2 is 1.70 bits per heavy atom. The molecule has 4 N–H and O–H groups in total. The number of anilines is 1. The molecule has 0 radical (unpaired) electrons. The van der Waals surface area contributed by atoms with Gasteiger partial charge in [0, 0.05) is 48.5 Å². The lowest BCUT2D eigenvalue weighted by Crippen LogP contribution is -2.30. The van der Waals surface area contributed by atoms with Crippen molar-refractivity contribution in [3.05, 3.63) is 108 Å². The molecule has 37 heavy (non-hydrogen) atoms. The number of hydrogen-bond donors (Lipinski definition) is 4. The summed E-state index contributed by atoms with van der Waals surface area (Å²) in [4.78, 5) is 29.0. The number of nitrogens with zero attached hydrogens (tertiary/aromatic N) is 1. The van der Waals surface area contributed by atoms with E-state index in [2.05, 4.69) is 33.5 Å². The predicted octanol–water partition coefficient (Wildman–Crippen LogP) is 4.98. The first-order chi connectivity index (χ1) is 18.1. The number of para-hydroxylation sites is 2. The third-order valence-corrected chi connectivity index (χ3v) is 5.96. The average molecular weight is 499 g/mol. The fraction of sp³-hybridized carbons (Fsp3) is 0.172. The van der Waals surface area contributed by atoms with Crippen LogP contribution in [0.5, 0.6) is 0 Å². The Bertz CT molecular complexity index is 1330. The molecule has 0 saturated heterocycles. The van der Waals surface area contributed by atoms with Crippen molar-refractivity contribution in [2.75, 3.05) is 25.0 Å². The van der Waals surface area contributed by atoms with Gasteiger partial charge in [0.25, 0.3) is 5.91 Å². The highest BCUT2D eigenvalue weighted by Crippen LogP contribution is 2.19. The molecule has 8 heteroatoms. The Labute approximate surface area is 215 Å². The molecular formula is C29H30N4O4. The Kier molecular flexibility index (Phi) is 9.07. The van der Waals surface area contributed by atoms with Crippen LogP contribution in [0.1, 0.15) is 16.7 Å². The lowest BCUT2D eigenvalue weighted by atomic mass is 10.1. The van der Waals surface area contributed by atoms with E-state index >= 15 is 0 Å². The van der Waals surface area contributed by atoms with Crippen LogP contribution in [0.2, 0.25) is 0 Å². The number of benzene rings is 3. The molecule has 0 aliphatic carbocycles. The average Bonchev–Trinajstić information content (AvgIpc) is 3.34. The number of amides is 2. The smallest absolute Gasteiger partial charge is 0.411 e. The standard InChI is InChI=1S/C29H30N4O4/c34-28(32-36)15-14-22-10-12-23(13-11-22)21-33(17-16-24-20-30-27-9-5-4-8-26(24)27)18-19-37-29(35)31-25-6-2-1-3-7-25/h1-15,20,30,36H,16-19,21H2,(H,31,35)(H,32,34). The molecule has 0 unspecified atom stereocenters. The molecule has 3 aromatic carbocycles. The van der Waals surface area contributed by atoms with Crippen LogP contribution in [-0.2, 0) is 22.5 Å². The molecule has 0 aliphatic heterocycles. The van der Waals surface area contributed by atoms with Crippen LogP contribution in [0.25, 0.3) is 17.0 Å². The summed E-state index contributed by atoms with van der Waals surface area (Å²) in [5, 5.41) is 12.6. The number of fused-ring (bicyclic) bond motifs is 1. The summed E-state index contributed by atoms with van der Waals surface area (Å²) >= 11 is 0. The van der Waals surface area contributed by atoms with E-state index in [4.69, 9.17) is 9.94 Å². The second kappa shape index (κ2) is 13.1. The van der Waals surface area contributed by atoms with Gasteiger partial charge in [-0.05, 0) is 47.4 Å². The lowest BCUT2D eigenvalue weighted by Gasteiger charge is -2.22. The summed E-state index contributed by atoms with van der Waals surface area (Å²) in [6.45, 7) is 2.28. The fourth-order valence-electron chi connectivity index (χ4n) is 4.03. The molecule has 0 aliphatic rings. The van der Waals surface area contributed by atoms with Crippen molar-refractivity contribution in [3.8, 4) is 0 Å². The lowest BCUT2D eigenvalue weighted by molar-refractivity contribution is -0.124. The molecule has 190 valence electrons. The van der Waals surface area contributed by atoms with Gasteiger partial charge >= 0.3 is 6.09 Å². The van der Waals surface area contributed by atoms with E-state index in [1.807, 2.05) is 66.7 Å². The fourth-order valence-corrected chi connectivity index (χ4v) is 4.03. The maximum absolute atomic E-state index is 12.2. The summed E-state index contributed by atoms with van der Waals surface area (Å²) in [5.74, 6) is -0.580. The number of carbonyl (C=O) groups excluding carboxylic acids is 2. The van der Waals surface area contributed by atoms with Gasteiger partial charge in [-0.25, -0.2) is 10.3 Å². The van der Waals surface area contributed by atoms with Crippen molar-refractivity contribution < 1.29 is 19.5 Å². The van der Waals surface area contributed by atoms with Crippen LogP contribution >= 0.6 is 0 Å². The van der Waals surface area contributed by atoms with Crippen LogP contribution in [0.3, 0.4) is 0 Å². The number of ether oxygens (including phenoxy) is 1. The SMILES string of the molecule is O=C(C=Cc1ccc(CN(CCOC(=O)Nc2ccccc2)CCc2c[nH]c3ccccc23)cc1)NO. The second-order valence-corrected chi connectivity index (χ2v) is 8.56. The van der Waals surface area contributed by atoms with E-state index in [-0.39, 0.29) is 6.61 Å². The van der Waals surface area contributed by atoms with Gasteiger partial charge in [-0.3, -0.25) is 20.2 Å². The second-order valence-electron chi connectivity index (χ2n) is 8.56. The molecule has 4 rings (SSSR count). The minimum atomic E-state index is -0.580. The zero-order valence-corrected chi connectivity index (χ0v) is 20.4. The number of nitrogens with one attached hydrogen (secondary N) is 3. The van der Waals surface area contributed by atoms with Crippen LogP contribution in [0, 0.1) is 0 Å². The number of aromatic nitrogens is 1. The van der Waals surface area contributed by atoms with Crippen molar-refractivity contribution in [2.24, 2.45) is 0 Å². The van der Waals surface area contributed by atoms with Gasteiger partial charge < -0.3 is 9.72 Å². The van der Waals surface area contributed by atoms with E-state index in [1.165, 1.54) is 17.0 Å². The normalized spacial score (nSPS) is 11.2. The van der Waals surface area contributed by atoms with Crippen LogP contribution < -0.4 is 10.8 Å². The number of rotatable bonds is 11. The zero-order valence-electron chi connectivity index (χ0n) is 20.4. The Hall–Kier alpha value is -4.40. The van der Waals surface area contributed by atoms with Crippen molar-refractivity contribution >= 4 is 34.7 Å². The molecule has 0 atom stereocenters. The summed E-state index contributed by atoms with van der Waals surface area (Å²) in [7, 11) is 0. The third-order valence-electron chi connectivity index (χ3n) is 5.96. The van der Waals surface area contributed by atoms with Gasteiger partial charge in [-0.1, -0.05) is 60.7 Å². The minimum absolute atomic E-state index is 0.254. The molecule has 0 saturated carbocycles. The van der Waals surface area contributed by atoms with Gasteiger partial charge in [0.15, 0.2) is 0 Å². The maximum atomic E-state index is 12.2. The van der Waals surface area contributed by atoms with Gasteiger partial charge in [0.1, 0.15) is 6.61 Å². The highest BCUT2D eigenvalue weighted by Gasteiger charge is 2.11. The molecular weight excluding hydrogens is 468 g/mol. The van der Waals surface area contributed by atoms with Gasteiger partial charge in [0.2, 0.25) is 0 Å². The Balaban J connectivity index is 1.37. The number of hydrogen-bond acceptors (Lipinski definition) is 5. The Morgan fingerprint density at radius 1 is 0.946 bits per heavy atom. The van der Waals surface area contributed by atoms with E-state index in [0.29, 0.717) is 18.8 Å². The summed E-state index contributed by atoms with van der Waals surface area (Å²) in [6, 6.07) is 25.3. The van der Waals surface area contributed by atoms with Crippen molar-refractivity contribution in [3.63, 3.8) is 0 Å². The first-order valence-corrected chi connectivity index (χ1v) is 12.1. The topological polar surface area (TPSA) is 107 Å². The monoisotopic (exact) mass is 498 g/mol. The number of aromatic amines is 1. The van der Waals surface area contributed by atoms with E-state index in [0.717, 1.165) is 29.6 Å². The molecule has 8 nitrogen and oxygen atoms in total. The van der Waals surface area contributed by atoms with E-state index in [1.54, 1.807) is 11.6 Å². The van der Waals surface area contributed by atoms with Crippen LogP contribution in [0.4, 0.5) is 10.5 Å². The first kappa shape index (κ1) is 25.7. The summed E-state index contributed by atoms with van der Waals surface area (Å²) in [6.07, 6.45) is 5.31. The van der Waals surface area contributed by atoms with Crippen molar-refractivity contribution in [1.82, 2.24) is 15.4 Å². The minimum Gasteiger partial charge on any atom is -0.448 e. The number of hydroxylamine groups is 1. The summed E-state index contributed by atoms with van der Waals surface area (Å²) < 4.78 is 5.44. The van der Waals surface area contributed by atoms with Crippen LogP contribution in [0.15, 0.2) is 91.1 Å². The van der Waals surface area contributed by atoms with Gasteiger partial charge in [-0.15, -0.1) is 0 Å². The summed E-state index contributed by atoms with van der Waals surface area (Å²) in [5.41, 5.74) is 6.56. The zero-order chi connectivity index (χ0) is 25.9. The van der Waals surface area contributed by atoms with Crippen molar-refractivity contribution in [2.45, 2.75) is 13.0 Å². The Morgan fingerprint density at radius 3 is 2.49 bits per heavy atom. The molecule has 1 aromatic heterocycles. The third kappa shape index (κ3) is 7.79. The first-order valence-electron chi connectivity index (χ1n) is 12.1. The highest BCUT2D eigenvalue weighted by atomic mass is 16.5. The van der Waals surface area contributed by atoms with Crippen molar-refractivity contribution in [1.29, 1.82) is 0 Å². The predicted molar refractivity (Wildman–Crippen MR) is 144 cm³/mol. The van der Waals surface area contributed by atoms with Crippen LogP contribution in [-0.4, -0.2) is 46.8 Å². The largest absolute Gasteiger partial charge is 0.448 e. The molecule has 1 heterocycles. The highest BCUT2D eigenvalue weighted by molar-refractivity contribution is 5.90. The van der Waals surface area contributed by atoms with E-state index in [9.17, 15) is 9.59 Å². The van der Waals surface area contributed by atoms with E-state index < -0.39 is 12.0 Å². The molecule has 0 fully saturated rings.